The number of aryl methyl sites for hydroxylation is 1. The van der Waals surface area contributed by atoms with Crippen LogP contribution in [-0.4, -0.2) is 26.4 Å². The molecule has 9 heteroatoms. The number of hydrogen-bond donors (Lipinski definition) is 1. The number of alkyl halides is 3. The van der Waals surface area contributed by atoms with E-state index in [0.29, 0.717) is 16.5 Å². The molecule has 0 fully saturated rings. The maximum Gasteiger partial charge on any atom is 0.416 e. The van der Waals surface area contributed by atoms with Gasteiger partial charge in [-0.05, 0) is 36.8 Å². The summed E-state index contributed by atoms with van der Waals surface area (Å²) < 4.78 is 40.6. The summed E-state index contributed by atoms with van der Waals surface area (Å²) in [4.78, 5) is 12.4. The van der Waals surface area contributed by atoms with Crippen LogP contribution in [0.2, 0.25) is 0 Å². The third-order valence-corrected chi connectivity index (χ3v) is 5.96. The van der Waals surface area contributed by atoms with Gasteiger partial charge in [0.2, 0.25) is 5.91 Å². The van der Waals surface area contributed by atoms with E-state index in [1.165, 1.54) is 17.8 Å². The summed E-state index contributed by atoms with van der Waals surface area (Å²) in [6.45, 7) is 2.01. The highest BCUT2D eigenvalue weighted by Gasteiger charge is 2.30. The maximum absolute atomic E-state index is 12.9. The number of benzene rings is 3. The summed E-state index contributed by atoms with van der Waals surface area (Å²) in [5, 5.41) is 11.8. The first-order chi connectivity index (χ1) is 16.3. The molecule has 3 aromatic carbocycles. The largest absolute Gasteiger partial charge is 0.416 e. The first-order valence-corrected chi connectivity index (χ1v) is 11.4. The van der Waals surface area contributed by atoms with Crippen molar-refractivity contribution in [2.45, 2.75) is 24.8 Å². The predicted molar refractivity (Wildman–Crippen MR) is 126 cm³/mol. The molecule has 4 aromatic rings. The Labute approximate surface area is 199 Å². The molecule has 5 nitrogen and oxygen atoms in total. The Morgan fingerprint density at radius 2 is 1.71 bits per heavy atom. The van der Waals surface area contributed by atoms with Crippen molar-refractivity contribution < 1.29 is 18.0 Å². The van der Waals surface area contributed by atoms with Crippen LogP contribution < -0.4 is 5.32 Å². The molecule has 174 valence electrons. The van der Waals surface area contributed by atoms with Crippen molar-refractivity contribution in [3.05, 3.63) is 95.6 Å². The van der Waals surface area contributed by atoms with Crippen LogP contribution >= 0.6 is 11.8 Å². The van der Waals surface area contributed by atoms with Crippen molar-refractivity contribution in [2.75, 3.05) is 5.75 Å². The normalized spacial score (nSPS) is 11.4. The lowest BCUT2D eigenvalue weighted by atomic mass is 10.1. The van der Waals surface area contributed by atoms with Crippen molar-refractivity contribution in [3.63, 3.8) is 0 Å². The van der Waals surface area contributed by atoms with Gasteiger partial charge < -0.3 is 5.32 Å². The van der Waals surface area contributed by atoms with E-state index in [0.717, 1.165) is 28.9 Å². The lowest BCUT2D eigenvalue weighted by molar-refractivity contribution is -0.137. The third-order valence-electron chi connectivity index (χ3n) is 5.03. The minimum Gasteiger partial charge on any atom is -0.351 e. The molecule has 1 heterocycles. The third kappa shape index (κ3) is 5.66. The second-order valence-electron chi connectivity index (χ2n) is 7.61. The number of nitrogens with one attached hydrogen (secondary N) is 1. The van der Waals surface area contributed by atoms with Gasteiger partial charge in [0.25, 0.3) is 0 Å². The van der Waals surface area contributed by atoms with E-state index >= 15 is 0 Å². The molecule has 0 saturated carbocycles. The topological polar surface area (TPSA) is 59.8 Å². The smallest absolute Gasteiger partial charge is 0.351 e. The fourth-order valence-electron chi connectivity index (χ4n) is 3.30. The summed E-state index contributed by atoms with van der Waals surface area (Å²) in [5.41, 5.74) is 2.51. The van der Waals surface area contributed by atoms with Gasteiger partial charge in [0.1, 0.15) is 0 Å². The van der Waals surface area contributed by atoms with Gasteiger partial charge in [-0.2, -0.15) is 13.2 Å². The average Bonchev–Trinajstić information content (AvgIpc) is 3.26. The van der Waals surface area contributed by atoms with Gasteiger partial charge in [-0.25, -0.2) is 0 Å². The van der Waals surface area contributed by atoms with Crippen LogP contribution in [0.25, 0.3) is 17.1 Å². The quantitative estimate of drug-likeness (QED) is 0.345. The van der Waals surface area contributed by atoms with E-state index in [1.807, 2.05) is 66.1 Å². The summed E-state index contributed by atoms with van der Waals surface area (Å²) in [6.07, 6.45) is -4.42. The van der Waals surface area contributed by atoms with Gasteiger partial charge >= 0.3 is 6.18 Å². The van der Waals surface area contributed by atoms with Crippen LogP contribution in [0, 0.1) is 6.92 Å². The van der Waals surface area contributed by atoms with Crippen molar-refractivity contribution in [1.29, 1.82) is 0 Å². The SMILES string of the molecule is Cc1ccc(-c2nnc(SCC(=O)NCc3cccc(C(F)(F)F)c3)n2-c2ccccc2)cc1. The van der Waals surface area contributed by atoms with Crippen LogP contribution in [0.15, 0.2) is 84.0 Å². The van der Waals surface area contributed by atoms with Crippen LogP contribution in [-0.2, 0) is 17.5 Å². The highest BCUT2D eigenvalue weighted by molar-refractivity contribution is 7.99. The van der Waals surface area contributed by atoms with Gasteiger partial charge in [0.15, 0.2) is 11.0 Å². The Hall–Kier alpha value is -3.59. The number of rotatable bonds is 7. The molecule has 1 aromatic heterocycles. The molecule has 0 atom stereocenters. The van der Waals surface area contributed by atoms with E-state index < -0.39 is 11.7 Å². The maximum atomic E-state index is 12.9. The number of thioether (sulfide) groups is 1. The number of carbonyl (C=O) groups excluding carboxylic acids is 1. The molecule has 1 amide bonds. The zero-order valence-electron chi connectivity index (χ0n) is 18.2. The zero-order valence-corrected chi connectivity index (χ0v) is 19.0. The summed E-state index contributed by atoms with van der Waals surface area (Å²) >= 11 is 1.21. The van der Waals surface area contributed by atoms with E-state index in [1.54, 1.807) is 6.07 Å². The molecular formula is C25H21F3N4OS. The minimum atomic E-state index is -4.42. The lowest BCUT2D eigenvalue weighted by Gasteiger charge is -2.11. The zero-order chi connectivity index (χ0) is 24.1. The van der Waals surface area contributed by atoms with E-state index in [-0.39, 0.29) is 18.2 Å². The van der Waals surface area contributed by atoms with Crippen molar-refractivity contribution in [1.82, 2.24) is 20.1 Å². The average molecular weight is 483 g/mol. The second kappa shape index (κ2) is 10.1. The fourth-order valence-corrected chi connectivity index (χ4v) is 4.08. The van der Waals surface area contributed by atoms with Crippen LogP contribution in [0.4, 0.5) is 13.2 Å². The number of carbonyl (C=O) groups is 1. The summed E-state index contributed by atoms with van der Waals surface area (Å²) in [6, 6.07) is 22.4. The number of aromatic nitrogens is 3. The number of hydrogen-bond acceptors (Lipinski definition) is 4. The lowest BCUT2D eigenvalue weighted by Crippen LogP contribution is -2.25. The van der Waals surface area contributed by atoms with Gasteiger partial charge in [-0.1, -0.05) is 71.9 Å². The van der Waals surface area contributed by atoms with Gasteiger partial charge in [-0.15, -0.1) is 10.2 Å². The minimum absolute atomic E-state index is 0.00328. The Morgan fingerprint density at radius 1 is 0.971 bits per heavy atom. The molecule has 0 aliphatic heterocycles. The molecule has 0 unspecified atom stereocenters. The number of halogens is 3. The molecule has 0 aliphatic rings. The highest BCUT2D eigenvalue weighted by Crippen LogP contribution is 2.30. The van der Waals surface area contributed by atoms with E-state index in [2.05, 4.69) is 15.5 Å². The fraction of sp³-hybridized carbons (Fsp3) is 0.160. The van der Waals surface area contributed by atoms with Crippen molar-refractivity contribution >= 4 is 17.7 Å². The number of para-hydroxylation sites is 1. The Bertz CT molecular complexity index is 1270. The van der Waals surface area contributed by atoms with Crippen molar-refractivity contribution in [2.24, 2.45) is 0 Å². The second-order valence-corrected chi connectivity index (χ2v) is 8.55. The number of amides is 1. The highest BCUT2D eigenvalue weighted by atomic mass is 32.2. The molecule has 4 rings (SSSR count). The molecule has 0 bridgehead atoms. The number of nitrogens with zero attached hydrogens (tertiary/aromatic N) is 3. The van der Waals surface area contributed by atoms with E-state index in [4.69, 9.17) is 0 Å². The first-order valence-electron chi connectivity index (χ1n) is 10.4. The summed E-state index contributed by atoms with van der Waals surface area (Å²) in [5.74, 6) is 0.373. The molecule has 1 N–H and O–H groups in total. The van der Waals surface area contributed by atoms with Crippen LogP contribution in [0.3, 0.4) is 0 Å². The van der Waals surface area contributed by atoms with Crippen LogP contribution in [0.5, 0.6) is 0 Å². The first kappa shape index (κ1) is 23.6. The van der Waals surface area contributed by atoms with Gasteiger partial charge in [-0.3, -0.25) is 9.36 Å². The molecule has 0 radical (unpaired) electrons. The van der Waals surface area contributed by atoms with Gasteiger partial charge in [0.05, 0.1) is 11.3 Å². The van der Waals surface area contributed by atoms with Crippen LogP contribution in [0.1, 0.15) is 16.7 Å². The van der Waals surface area contributed by atoms with E-state index in [9.17, 15) is 18.0 Å². The Balaban J connectivity index is 1.48. The molecule has 0 aliphatic carbocycles. The van der Waals surface area contributed by atoms with Crippen molar-refractivity contribution in [3.8, 4) is 17.1 Å². The summed E-state index contributed by atoms with van der Waals surface area (Å²) in [7, 11) is 0. The van der Waals surface area contributed by atoms with Gasteiger partial charge in [0, 0.05) is 17.8 Å². The molecular weight excluding hydrogens is 461 g/mol. The Morgan fingerprint density at radius 3 is 2.41 bits per heavy atom. The Kier molecular flexibility index (Phi) is 7.02. The molecule has 34 heavy (non-hydrogen) atoms. The monoisotopic (exact) mass is 482 g/mol. The predicted octanol–water partition coefficient (Wildman–Crippen LogP) is 5.67. The molecule has 0 spiro atoms. The standard InChI is InChI=1S/C25H21F3N4OS/c1-17-10-12-19(13-11-17)23-30-31-24(32(23)21-8-3-2-4-9-21)34-16-22(33)29-15-18-6-5-7-20(14-18)25(26,27)28/h2-14H,15-16H2,1H3,(H,29,33). The molecule has 0 saturated heterocycles.